The van der Waals surface area contributed by atoms with E-state index < -0.39 is 47.5 Å². The van der Waals surface area contributed by atoms with Crippen molar-refractivity contribution >= 4 is 63.6 Å². The van der Waals surface area contributed by atoms with E-state index in [0.29, 0.717) is 22.5 Å². The minimum Gasteiger partial charge on any atom is -0.504 e. The number of imidazole rings is 1. The number of nitrogens with one attached hydrogen (secondary N) is 4. The molecule has 0 radical (unpaired) electrons. The normalized spacial score (nSPS) is 11.8. The second kappa shape index (κ2) is 19.7. The number of nitrogens with zero attached hydrogens (tertiary/aromatic N) is 3. The van der Waals surface area contributed by atoms with Gasteiger partial charge >= 0.3 is 5.97 Å². The summed E-state index contributed by atoms with van der Waals surface area (Å²) in [5.41, 5.74) is 3.07. The molecule has 0 saturated heterocycles. The average Bonchev–Trinajstić information content (AvgIpc) is 3.57. The van der Waals surface area contributed by atoms with Crippen molar-refractivity contribution in [3.63, 3.8) is 0 Å². The Morgan fingerprint density at radius 1 is 0.984 bits per heavy atom. The van der Waals surface area contributed by atoms with Gasteiger partial charge in [-0.05, 0) is 106 Å². The van der Waals surface area contributed by atoms with Crippen LogP contribution in [0.2, 0.25) is 5.02 Å². The van der Waals surface area contributed by atoms with Crippen molar-refractivity contribution in [1.29, 1.82) is 5.26 Å². The molecule has 0 aliphatic carbocycles. The molecule has 1 unspecified atom stereocenters. The Morgan fingerprint density at radius 2 is 1.69 bits per heavy atom. The van der Waals surface area contributed by atoms with E-state index in [1.54, 1.807) is 38.1 Å². The summed E-state index contributed by atoms with van der Waals surface area (Å²) in [7, 11) is 1.81. The number of allylic oxidation sites excluding steroid dienone is 3. The molecular weight excluding hydrogens is 814 g/mol. The Morgan fingerprint density at radius 3 is 2.32 bits per heavy atom. The van der Waals surface area contributed by atoms with E-state index in [9.17, 15) is 34.3 Å². The number of halogens is 1. The van der Waals surface area contributed by atoms with Gasteiger partial charge in [0.1, 0.15) is 11.9 Å². The molecule has 0 bridgehead atoms. The largest absolute Gasteiger partial charge is 0.504 e. The number of carbonyl (C=O) groups is 5. The molecule has 1 aromatic heterocycles. The van der Waals surface area contributed by atoms with Gasteiger partial charge in [-0.2, -0.15) is 5.26 Å². The standard InChI is InChI=1S/C46H40ClN7O8/c1-7-9-36(53-43(57)29-14-18-32(34(47)23-29)41-51-37-22-27(24-48)11-21-38(37)54(41)6)45(59)49-30(8-2)15-10-26(5)42(56)52-35-20-19-33(39(55)40(35)62-25(3)4)44(58)50-31-16-12-28(13-17-31)46(60)61/h1,8,10-23,25,36,55H,2,9H2,3-6H3,(H,49,59)(H,50,58)(H,52,56)(H,53,57)(H,60,61)/b26-10+,30-15+. The molecule has 1 heterocycles. The molecule has 16 heteroatoms. The summed E-state index contributed by atoms with van der Waals surface area (Å²) in [6, 6.07) is 18.8. The monoisotopic (exact) mass is 853 g/mol. The maximum Gasteiger partial charge on any atom is 0.335 e. The van der Waals surface area contributed by atoms with Gasteiger partial charge in [0.15, 0.2) is 11.5 Å². The Balaban J connectivity index is 1.26. The van der Waals surface area contributed by atoms with Crippen LogP contribution in [0, 0.1) is 23.7 Å². The number of hydrogen-bond donors (Lipinski definition) is 6. The third-order valence-electron chi connectivity index (χ3n) is 9.15. The van der Waals surface area contributed by atoms with Crippen LogP contribution in [-0.2, 0) is 16.6 Å². The number of benzene rings is 4. The van der Waals surface area contributed by atoms with Crippen molar-refractivity contribution in [2.75, 3.05) is 10.6 Å². The zero-order valence-corrected chi connectivity index (χ0v) is 34.6. The molecule has 4 aromatic carbocycles. The number of ether oxygens (including phenoxy) is 1. The topological polar surface area (TPSA) is 225 Å². The minimum atomic E-state index is -1.17. The number of fused-ring (bicyclic) bond motifs is 1. The van der Waals surface area contributed by atoms with E-state index in [4.69, 9.17) is 27.9 Å². The van der Waals surface area contributed by atoms with Crippen LogP contribution in [0.4, 0.5) is 11.4 Å². The van der Waals surface area contributed by atoms with Crippen LogP contribution < -0.4 is 26.0 Å². The molecule has 5 rings (SSSR count). The second-order valence-electron chi connectivity index (χ2n) is 13.9. The van der Waals surface area contributed by atoms with Crippen LogP contribution >= 0.6 is 11.6 Å². The van der Waals surface area contributed by atoms with Crippen LogP contribution in [0.3, 0.4) is 0 Å². The summed E-state index contributed by atoms with van der Waals surface area (Å²) >= 11 is 6.63. The highest BCUT2D eigenvalue weighted by Crippen LogP contribution is 2.39. The molecule has 0 aliphatic rings. The number of carboxylic acid groups (broad SMARTS) is 1. The molecule has 62 heavy (non-hydrogen) atoms. The maximum absolute atomic E-state index is 13.4. The predicted molar refractivity (Wildman–Crippen MR) is 235 cm³/mol. The Labute approximate surface area is 361 Å². The molecule has 0 aliphatic heterocycles. The molecule has 0 saturated carbocycles. The highest BCUT2D eigenvalue weighted by atomic mass is 35.5. The quantitative estimate of drug-likeness (QED) is 0.0356. The summed E-state index contributed by atoms with van der Waals surface area (Å²) in [6.07, 6.45) is 9.05. The maximum atomic E-state index is 13.4. The van der Waals surface area contributed by atoms with Gasteiger partial charge in [-0.25, -0.2) is 9.78 Å². The van der Waals surface area contributed by atoms with Crippen LogP contribution in [0.25, 0.3) is 22.4 Å². The fraction of sp³-hybridized carbons (Fsp3) is 0.152. The zero-order valence-electron chi connectivity index (χ0n) is 33.9. The third kappa shape index (κ3) is 10.5. The first-order chi connectivity index (χ1) is 29.5. The van der Waals surface area contributed by atoms with Gasteiger partial charge in [0.25, 0.3) is 17.7 Å². The molecule has 15 nitrogen and oxygen atoms in total. The van der Waals surface area contributed by atoms with Crippen molar-refractivity contribution in [2.45, 2.75) is 39.3 Å². The summed E-state index contributed by atoms with van der Waals surface area (Å²) in [4.78, 5) is 68.9. The Kier molecular flexibility index (Phi) is 14.3. The number of terminal acetylenes is 1. The van der Waals surface area contributed by atoms with Crippen LogP contribution in [0.5, 0.6) is 11.5 Å². The van der Waals surface area contributed by atoms with E-state index >= 15 is 0 Å². The van der Waals surface area contributed by atoms with Gasteiger partial charge in [-0.1, -0.05) is 24.3 Å². The molecule has 6 N–H and O–H groups in total. The van der Waals surface area contributed by atoms with Gasteiger partial charge < -0.3 is 40.8 Å². The number of aromatic nitrogens is 2. The van der Waals surface area contributed by atoms with Crippen molar-refractivity contribution in [3.05, 3.63) is 136 Å². The molecule has 5 aromatic rings. The number of carboxylic acids is 1. The number of nitriles is 1. The number of phenolic OH excluding ortho intramolecular Hbond substituents is 1. The molecule has 0 fully saturated rings. The molecule has 314 valence electrons. The second-order valence-corrected chi connectivity index (χ2v) is 14.3. The van der Waals surface area contributed by atoms with Gasteiger partial charge in [0.05, 0.1) is 50.6 Å². The summed E-state index contributed by atoms with van der Waals surface area (Å²) in [6.45, 7) is 8.59. The predicted octanol–water partition coefficient (Wildman–Crippen LogP) is 7.10. The van der Waals surface area contributed by atoms with Gasteiger partial charge in [0, 0.05) is 41.6 Å². The first kappa shape index (κ1) is 45.0. The van der Waals surface area contributed by atoms with Crippen LogP contribution in [-0.4, -0.2) is 61.5 Å². The number of anilines is 2. The fourth-order valence-electron chi connectivity index (χ4n) is 5.92. The SMILES string of the molecule is C#CCC(NC(=O)c1ccc(-c2nc3cc(C#N)ccc3n2C)c(Cl)c1)C(=O)N/C(C=C)=C/C=C(\C)C(=O)Nc1ccc(C(=O)Nc2ccc(C(=O)O)cc2)c(O)c1OC(C)C. The summed E-state index contributed by atoms with van der Waals surface area (Å²) in [5, 5.41) is 40.2. The summed E-state index contributed by atoms with van der Waals surface area (Å²) in [5.74, 6) is -1.55. The van der Waals surface area contributed by atoms with E-state index in [0.717, 1.165) is 5.52 Å². The molecular formula is C46H40ClN7O8. The van der Waals surface area contributed by atoms with Crippen molar-refractivity contribution < 1.29 is 38.9 Å². The van der Waals surface area contributed by atoms with Crippen LogP contribution in [0.1, 0.15) is 63.8 Å². The summed E-state index contributed by atoms with van der Waals surface area (Å²) < 4.78 is 7.60. The van der Waals surface area contributed by atoms with Crippen molar-refractivity contribution in [3.8, 4) is 41.3 Å². The van der Waals surface area contributed by atoms with E-state index in [-0.39, 0.29) is 56.5 Å². The van der Waals surface area contributed by atoms with Gasteiger partial charge in [-0.3, -0.25) is 19.2 Å². The smallest absolute Gasteiger partial charge is 0.335 e. The third-order valence-corrected chi connectivity index (χ3v) is 9.46. The lowest BCUT2D eigenvalue weighted by Crippen LogP contribution is -2.46. The Hall–Kier alpha value is -8.14. The number of aromatic hydroxyl groups is 1. The number of rotatable bonds is 15. The van der Waals surface area contributed by atoms with Gasteiger partial charge in [0.2, 0.25) is 5.91 Å². The van der Waals surface area contributed by atoms with Crippen LogP contribution in [0.15, 0.2) is 109 Å². The molecule has 4 amide bonds. The first-order valence-electron chi connectivity index (χ1n) is 18.8. The number of carbonyl (C=O) groups excluding carboxylic acids is 4. The number of hydrogen-bond acceptors (Lipinski definition) is 9. The highest BCUT2D eigenvalue weighted by molar-refractivity contribution is 6.33. The number of amides is 4. The Bertz CT molecular complexity index is 2770. The lowest BCUT2D eigenvalue weighted by Gasteiger charge is -2.18. The van der Waals surface area contributed by atoms with E-state index in [1.165, 1.54) is 73.7 Å². The van der Waals surface area contributed by atoms with Crippen molar-refractivity contribution in [1.82, 2.24) is 20.2 Å². The number of phenols is 1. The first-order valence-corrected chi connectivity index (χ1v) is 19.1. The fourth-order valence-corrected chi connectivity index (χ4v) is 6.19. The average molecular weight is 854 g/mol. The highest BCUT2D eigenvalue weighted by Gasteiger charge is 2.24. The molecule has 1 atom stereocenters. The number of aromatic carboxylic acids is 1. The van der Waals surface area contributed by atoms with Crippen molar-refractivity contribution in [2.24, 2.45) is 7.05 Å². The lowest BCUT2D eigenvalue weighted by atomic mass is 10.1. The molecule has 0 spiro atoms. The van der Waals surface area contributed by atoms with E-state index in [2.05, 4.69) is 44.8 Å². The number of aryl methyl sites for hydroxylation is 1. The van der Waals surface area contributed by atoms with E-state index in [1.807, 2.05) is 11.6 Å². The van der Waals surface area contributed by atoms with Gasteiger partial charge in [-0.15, -0.1) is 12.3 Å². The lowest BCUT2D eigenvalue weighted by molar-refractivity contribution is -0.122. The minimum absolute atomic E-state index is 0.0272. The zero-order chi connectivity index (χ0) is 45.2.